The Morgan fingerprint density at radius 1 is 1.61 bits per heavy atom. The van der Waals surface area contributed by atoms with Gasteiger partial charge in [-0.05, 0) is 25.0 Å². The number of aliphatic hydroxyl groups excluding tert-OH is 2. The number of aromatic amines is 1. The third-order valence-electron chi connectivity index (χ3n) is 5.13. The van der Waals surface area contributed by atoms with Gasteiger partial charge in [0.1, 0.15) is 42.8 Å². The SMILES string of the molecule is [2H]c1cc([C@]2(C#N)O[C@H](COC(=O)C(CC)CC)[C@@H](O)[C@H]2O)n2[nH]cnc(=N)c12. The van der Waals surface area contributed by atoms with Crippen LogP contribution >= 0.6 is 0 Å². The van der Waals surface area contributed by atoms with Crippen molar-refractivity contribution in [2.45, 2.75) is 50.6 Å². The van der Waals surface area contributed by atoms with Crippen molar-refractivity contribution in [3.63, 3.8) is 0 Å². The van der Waals surface area contributed by atoms with E-state index < -0.39 is 29.9 Å². The third kappa shape index (κ3) is 3.07. The molecule has 10 nitrogen and oxygen atoms in total. The van der Waals surface area contributed by atoms with Gasteiger partial charge in [-0.3, -0.25) is 19.8 Å². The van der Waals surface area contributed by atoms with Crippen LogP contribution in [0.15, 0.2) is 18.4 Å². The molecule has 0 aliphatic carbocycles. The van der Waals surface area contributed by atoms with Gasteiger partial charge in [-0.1, -0.05) is 13.8 Å². The number of carbonyl (C=O) groups is 1. The van der Waals surface area contributed by atoms with Gasteiger partial charge >= 0.3 is 5.97 Å². The summed E-state index contributed by atoms with van der Waals surface area (Å²) in [4.78, 5) is 15.9. The number of H-pyrrole nitrogens is 1. The molecule has 3 rings (SSSR count). The molecule has 1 aliphatic rings. The maximum atomic E-state index is 12.1. The topological polar surface area (TPSA) is 157 Å². The molecule has 0 spiro atoms. The zero-order valence-electron chi connectivity index (χ0n) is 16.5. The van der Waals surface area contributed by atoms with Crippen LogP contribution in [0, 0.1) is 22.7 Å². The second kappa shape index (κ2) is 7.71. The highest BCUT2D eigenvalue weighted by molar-refractivity contribution is 5.72. The molecule has 0 amide bonds. The lowest BCUT2D eigenvalue weighted by Crippen LogP contribution is -2.41. The van der Waals surface area contributed by atoms with E-state index >= 15 is 0 Å². The third-order valence-corrected chi connectivity index (χ3v) is 5.13. The number of nitrogens with zero attached hydrogens (tertiary/aromatic N) is 3. The first-order chi connectivity index (χ1) is 13.8. The van der Waals surface area contributed by atoms with E-state index in [9.17, 15) is 20.3 Å². The molecule has 10 heteroatoms. The number of esters is 1. The quantitative estimate of drug-likeness (QED) is 0.504. The van der Waals surface area contributed by atoms with E-state index in [1.54, 1.807) is 0 Å². The lowest BCUT2D eigenvalue weighted by Gasteiger charge is -2.24. The van der Waals surface area contributed by atoms with E-state index in [2.05, 4.69) is 10.1 Å². The summed E-state index contributed by atoms with van der Waals surface area (Å²) in [6, 6.07) is 3.05. The lowest BCUT2D eigenvalue weighted by molar-refractivity contribution is -0.155. The summed E-state index contributed by atoms with van der Waals surface area (Å²) in [6.07, 6.45) is -1.89. The lowest BCUT2D eigenvalue weighted by atomic mass is 9.92. The van der Waals surface area contributed by atoms with Gasteiger partial charge in [0.15, 0.2) is 5.49 Å². The predicted octanol–water partition coefficient (Wildman–Crippen LogP) is -0.0393. The second-order valence-electron chi connectivity index (χ2n) is 6.68. The number of nitriles is 1. The van der Waals surface area contributed by atoms with Crippen molar-refractivity contribution in [2.75, 3.05) is 6.61 Å². The predicted molar refractivity (Wildman–Crippen MR) is 94.6 cm³/mol. The van der Waals surface area contributed by atoms with Crippen LogP contribution in [0.4, 0.5) is 0 Å². The average molecular weight is 390 g/mol. The monoisotopic (exact) mass is 390 g/mol. The van der Waals surface area contributed by atoms with Gasteiger partial charge in [-0.15, -0.1) is 0 Å². The Kier molecular flexibility index (Phi) is 5.13. The maximum Gasteiger partial charge on any atom is 0.309 e. The minimum absolute atomic E-state index is 0.0382. The average Bonchev–Trinajstić information content (AvgIpc) is 3.18. The Hall–Kier alpha value is -2.74. The standard InChI is InChI=1S/C18H23N5O5/c1-3-10(4-2)17(26)27-7-12-14(24)15(25)18(8-19,28-12)13-6-5-11-16(20)21-9-22-23(11)13/h5-6,9-10,12,14-15,24-25H,3-4,7H2,1-2H3,(H2,20,21,22)/t12-,14-,15-,18+/m1/s1/i5D. The molecule has 4 atom stereocenters. The number of hydrogen-bond acceptors (Lipinski definition) is 8. The van der Waals surface area contributed by atoms with Crippen LogP contribution in [0.1, 0.15) is 33.8 Å². The van der Waals surface area contributed by atoms with E-state index in [-0.39, 0.29) is 35.3 Å². The Bertz CT molecular complexity index is 1010. The number of fused-ring (bicyclic) bond motifs is 1. The zero-order chi connectivity index (χ0) is 21.3. The van der Waals surface area contributed by atoms with Gasteiger partial charge < -0.3 is 19.7 Å². The minimum atomic E-state index is -2.03. The molecule has 28 heavy (non-hydrogen) atoms. The molecule has 1 saturated heterocycles. The first-order valence-corrected chi connectivity index (χ1v) is 9.03. The molecule has 2 aromatic heterocycles. The van der Waals surface area contributed by atoms with Gasteiger partial charge in [0, 0.05) is 0 Å². The molecule has 1 aliphatic heterocycles. The summed E-state index contributed by atoms with van der Waals surface area (Å²) < 4.78 is 20.3. The summed E-state index contributed by atoms with van der Waals surface area (Å²) >= 11 is 0. The van der Waals surface area contributed by atoms with Crippen LogP contribution in [0.25, 0.3) is 5.52 Å². The minimum Gasteiger partial charge on any atom is -0.463 e. The Balaban J connectivity index is 1.93. The van der Waals surface area contributed by atoms with Crippen LogP contribution < -0.4 is 5.49 Å². The smallest absolute Gasteiger partial charge is 0.309 e. The molecular weight excluding hydrogens is 366 g/mol. The van der Waals surface area contributed by atoms with E-state index in [4.69, 9.17) is 16.3 Å². The van der Waals surface area contributed by atoms with E-state index in [1.807, 2.05) is 19.9 Å². The van der Waals surface area contributed by atoms with Gasteiger partial charge in [0.2, 0.25) is 5.60 Å². The summed E-state index contributed by atoms with van der Waals surface area (Å²) in [5, 5.41) is 41.5. The number of aromatic nitrogens is 3. The fourth-order valence-electron chi connectivity index (χ4n) is 3.40. The van der Waals surface area contributed by atoms with Crippen LogP contribution in [0.2, 0.25) is 0 Å². The van der Waals surface area contributed by atoms with Crippen LogP contribution in [0.3, 0.4) is 0 Å². The largest absolute Gasteiger partial charge is 0.463 e. The molecule has 0 unspecified atom stereocenters. The van der Waals surface area contributed by atoms with Crippen molar-refractivity contribution in [1.82, 2.24) is 14.6 Å². The number of carbonyl (C=O) groups excluding carboxylic acids is 1. The van der Waals surface area contributed by atoms with E-state index in [1.165, 1.54) is 16.9 Å². The first kappa shape index (κ1) is 18.6. The van der Waals surface area contributed by atoms with Crippen molar-refractivity contribution < 1.29 is 25.9 Å². The molecular formula is C18H23N5O5. The van der Waals surface area contributed by atoms with E-state index in [0.717, 1.165) is 0 Å². The van der Waals surface area contributed by atoms with E-state index in [0.29, 0.717) is 12.8 Å². The van der Waals surface area contributed by atoms with Gasteiger partial charge in [-0.25, -0.2) is 4.98 Å². The molecule has 0 bridgehead atoms. The highest BCUT2D eigenvalue weighted by Crippen LogP contribution is 2.40. The highest BCUT2D eigenvalue weighted by Gasteiger charge is 2.57. The van der Waals surface area contributed by atoms with Crippen molar-refractivity contribution in [2.24, 2.45) is 5.92 Å². The van der Waals surface area contributed by atoms with Crippen molar-refractivity contribution in [3.05, 3.63) is 29.6 Å². The number of ether oxygens (including phenoxy) is 2. The van der Waals surface area contributed by atoms with Crippen LogP contribution in [0.5, 0.6) is 0 Å². The summed E-state index contributed by atoms with van der Waals surface area (Å²) in [5.74, 6) is -0.716. The summed E-state index contributed by atoms with van der Waals surface area (Å²) in [7, 11) is 0. The van der Waals surface area contributed by atoms with Crippen LogP contribution in [-0.2, 0) is 19.9 Å². The van der Waals surface area contributed by atoms with Crippen molar-refractivity contribution >= 4 is 11.5 Å². The molecule has 0 radical (unpaired) electrons. The normalized spacial score (nSPS) is 27.7. The molecule has 2 aromatic rings. The Labute approximate surface area is 162 Å². The maximum absolute atomic E-state index is 12.1. The molecule has 3 heterocycles. The number of aliphatic hydroxyl groups is 2. The van der Waals surface area contributed by atoms with Gasteiger partial charge in [-0.2, -0.15) is 5.26 Å². The van der Waals surface area contributed by atoms with Crippen molar-refractivity contribution in [3.8, 4) is 6.07 Å². The van der Waals surface area contributed by atoms with Gasteiger partial charge in [0.05, 0.1) is 13.0 Å². The number of nitrogens with one attached hydrogen (secondary N) is 2. The summed E-state index contributed by atoms with van der Waals surface area (Å²) in [6.45, 7) is 3.40. The fourth-order valence-corrected chi connectivity index (χ4v) is 3.40. The van der Waals surface area contributed by atoms with Gasteiger partial charge in [0.25, 0.3) is 0 Å². The molecule has 1 fully saturated rings. The Morgan fingerprint density at radius 2 is 2.32 bits per heavy atom. The van der Waals surface area contributed by atoms with Crippen LogP contribution in [-0.4, -0.2) is 55.7 Å². The summed E-state index contributed by atoms with van der Waals surface area (Å²) in [5.41, 5.74) is -2.10. The molecule has 0 saturated carbocycles. The first-order valence-electron chi connectivity index (χ1n) is 9.53. The fraction of sp³-hybridized carbons (Fsp3) is 0.556. The number of hydrogen-bond donors (Lipinski definition) is 4. The molecule has 4 N–H and O–H groups in total. The zero-order valence-corrected chi connectivity index (χ0v) is 15.5. The van der Waals surface area contributed by atoms with Crippen molar-refractivity contribution in [1.29, 1.82) is 10.7 Å². The molecule has 150 valence electrons. The molecule has 0 aromatic carbocycles. The number of rotatable bonds is 6. The Morgan fingerprint density at radius 3 is 2.96 bits per heavy atom. The second-order valence-corrected chi connectivity index (χ2v) is 6.68. The highest BCUT2D eigenvalue weighted by atomic mass is 16.6.